The molecule has 1 aliphatic heterocycles. The van der Waals surface area contributed by atoms with E-state index in [1.807, 2.05) is 0 Å². The van der Waals surface area contributed by atoms with Gasteiger partial charge in [-0.3, -0.25) is 0 Å². The smallest absolute Gasteiger partial charge is 0.0367 e. The van der Waals surface area contributed by atoms with Crippen LogP contribution in [0.3, 0.4) is 0 Å². The molecule has 3 nitrogen and oxygen atoms in total. The highest BCUT2D eigenvalue weighted by Crippen LogP contribution is 2.15. The van der Waals surface area contributed by atoms with Crippen LogP contribution in [0.4, 0.5) is 5.69 Å². The molecule has 3 heteroatoms. The molecule has 0 atom stereocenters. The van der Waals surface area contributed by atoms with Crippen molar-refractivity contribution in [3.8, 4) is 0 Å². The van der Waals surface area contributed by atoms with E-state index in [1.54, 1.807) is 0 Å². The molecule has 2 rings (SSSR count). The Morgan fingerprint density at radius 1 is 1.29 bits per heavy atom. The third kappa shape index (κ3) is 3.45. The van der Waals surface area contributed by atoms with E-state index < -0.39 is 0 Å². The van der Waals surface area contributed by atoms with Crippen molar-refractivity contribution >= 4 is 5.69 Å². The maximum absolute atomic E-state index is 5.67. The Hall–Kier alpha value is -1.06. The number of benzene rings is 1. The van der Waals surface area contributed by atoms with Crippen LogP contribution < -0.4 is 10.6 Å². The second-order valence-electron chi connectivity index (χ2n) is 4.84. The van der Waals surface area contributed by atoms with Crippen LogP contribution in [-0.4, -0.2) is 38.1 Å². The van der Waals surface area contributed by atoms with Crippen LogP contribution >= 0.6 is 0 Å². The average molecular weight is 233 g/mol. The average Bonchev–Trinajstić information content (AvgIpc) is 2.89. The molecule has 1 aliphatic rings. The summed E-state index contributed by atoms with van der Waals surface area (Å²) < 4.78 is 0. The summed E-state index contributed by atoms with van der Waals surface area (Å²) in [6.07, 6.45) is 2.73. The summed E-state index contributed by atoms with van der Waals surface area (Å²) in [6, 6.07) is 8.51. The van der Waals surface area contributed by atoms with Gasteiger partial charge in [0.25, 0.3) is 0 Å². The maximum Gasteiger partial charge on any atom is 0.0367 e. The van der Waals surface area contributed by atoms with Crippen molar-refractivity contribution in [2.75, 3.05) is 38.1 Å². The fourth-order valence-corrected chi connectivity index (χ4v) is 2.35. The second-order valence-corrected chi connectivity index (χ2v) is 4.84. The largest absolute Gasteiger partial charge is 0.373 e. The van der Waals surface area contributed by atoms with Crippen LogP contribution in [0.5, 0.6) is 0 Å². The molecule has 0 aliphatic carbocycles. The number of hydrogen-bond donors (Lipinski definition) is 1. The fraction of sp³-hybridized carbons (Fsp3) is 0.571. The first-order valence-corrected chi connectivity index (χ1v) is 6.52. The molecule has 0 amide bonds. The molecule has 0 spiro atoms. The lowest BCUT2D eigenvalue weighted by atomic mass is 10.2. The van der Waals surface area contributed by atoms with Gasteiger partial charge < -0.3 is 15.5 Å². The molecule has 1 aromatic rings. The molecule has 94 valence electrons. The van der Waals surface area contributed by atoms with Gasteiger partial charge in [0.2, 0.25) is 0 Å². The highest BCUT2D eigenvalue weighted by atomic mass is 15.2. The van der Waals surface area contributed by atoms with Gasteiger partial charge in [0, 0.05) is 32.4 Å². The summed E-state index contributed by atoms with van der Waals surface area (Å²) in [5, 5.41) is 0. The lowest BCUT2D eigenvalue weighted by molar-refractivity contribution is 0.346. The van der Waals surface area contributed by atoms with E-state index in [1.165, 1.54) is 43.7 Å². The monoisotopic (exact) mass is 233 g/mol. The van der Waals surface area contributed by atoms with Crippen molar-refractivity contribution in [3.63, 3.8) is 0 Å². The summed E-state index contributed by atoms with van der Waals surface area (Å²) in [5.41, 5.74) is 8.14. The predicted octanol–water partition coefficient (Wildman–Crippen LogP) is 1.68. The topological polar surface area (TPSA) is 32.5 Å². The maximum atomic E-state index is 5.67. The predicted molar refractivity (Wildman–Crippen MR) is 73.3 cm³/mol. The molecule has 1 fully saturated rings. The van der Waals surface area contributed by atoms with Crippen molar-refractivity contribution in [1.82, 2.24) is 4.90 Å². The molecule has 0 unspecified atom stereocenters. The van der Waals surface area contributed by atoms with Crippen LogP contribution in [-0.2, 0) is 6.54 Å². The Balaban J connectivity index is 1.87. The zero-order valence-electron chi connectivity index (χ0n) is 10.7. The Bertz CT molecular complexity index is 345. The minimum absolute atomic E-state index is 0.619. The molecule has 0 radical (unpaired) electrons. The first kappa shape index (κ1) is 12.4. The van der Waals surface area contributed by atoms with Crippen LogP contribution in [0.1, 0.15) is 18.4 Å². The summed E-state index contributed by atoms with van der Waals surface area (Å²) in [6.45, 7) is 5.43. The van der Waals surface area contributed by atoms with Gasteiger partial charge in [-0.1, -0.05) is 12.1 Å². The molecule has 1 aromatic carbocycles. The highest BCUT2D eigenvalue weighted by Gasteiger charge is 2.11. The zero-order chi connectivity index (χ0) is 12.1. The van der Waals surface area contributed by atoms with Gasteiger partial charge in [-0.15, -0.1) is 0 Å². The molecular weight excluding hydrogens is 210 g/mol. The molecule has 0 saturated carbocycles. The lowest BCUT2D eigenvalue weighted by Crippen LogP contribution is -2.31. The Labute approximate surface area is 104 Å². The van der Waals surface area contributed by atoms with Crippen LogP contribution in [0, 0.1) is 0 Å². The number of likely N-dealkylation sites (tertiary alicyclic amines) is 1. The molecule has 2 N–H and O–H groups in total. The van der Waals surface area contributed by atoms with E-state index in [0.717, 1.165) is 6.54 Å². The number of likely N-dealkylation sites (N-methyl/N-ethyl adjacent to an activating group) is 1. The van der Waals surface area contributed by atoms with Gasteiger partial charge in [-0.05, 0) is 43.6 Å². The number of nitrogens with zero attached hydrogens (tertiary/aromatic N) is 2. The van der Waals surface area contributed by atoms with E-state index in [4.69, 9.17) is 5.73 Å². The van der Waals surface area contributed by atoms with E-state index >= 15 is 0 Å². The van der Waals surface area contributed by atoms with Gasteiger partial charge in [-0.2, -0.15) is 0 Å². The molecular formula is C14H23N3. The van der Waals surface area contributed by atoms with E-state index in [-0.39, 0.29) is 0 Å². The Morgan fingerprint density at radius 3 is 2.76 bits per heavy atom. The summed E-state index contributed by atoms with van der Waals surface area (Å²) >= 11 is 0. The number of nitrogens with two attached hydrogens (primary N) is 1. The van der Waals surface area contributed by atoms with E-state index in [9.17, 15) is 0 Å². The van der Waals surface area contributed by atoms with Crippen LogP contribution in [0.15, 0.2) is 24.3 Å². The molecule has 1 saturated heterocycles. The first-order valence-electron chi connectivity index (χ1n) is 6.52. The number of anilines is 1. The van der Waals surface area contributed by atoms with Crippen molar-refractivity contribution in [3.05, 3.63) is 29.8 Å². The van der Waals surface area contributed by atoms with Gasteiger partial charge >= 0.3 is 0 Å². The third-order valence-electron chi connectivity index (χ3n) is 3.54. The summed E-state index contributed by atoms with van der Waals surface area (Å²) in [4.78, 5) is 4.86. The molecule has 1 heterocycles. The first-order chi connectivity index (χ1) is 8.29. The van der Waals surface area contributed by atoms with Gasteiger partial charge in [0.05, 0.1) is 0 Å². The standard InChI is InChI=1S/C14H23N3/c1-16(9-10-17-7-2-3-8-17)14-6-4-5-13(11-14)12-15/h4-6,11H,2-3,7-10,12,15H2,1H3. The zero-order valence-corrected chi connectivity index (χ0v) is 10.7. The third-order valence-corrected chi connectivity index (χ3v) is 3.54. The van der Waals surface area contributed by atoms with Crippen molar-refractivity contribution < 1.29 is 0 Å². The van der Waals surface area contributed by atoms with Crippen molar-refractivity contribution in [1.29, 1.82) is 0 Å². The molecule has 17 heavy (non-hydrogen) atoms. The van der Waals surface area contributed by atoms with Gasteiger partial charge in [0.15, 0.2) is 0 Å². The lowest BCUT2D eigenvalue weighted by Gasteiger charge is -2.23. The summed E-state index contributed by atoms with van der Waals surface area (Å²) in [7, 11) is 2.16. The normalized spacial score (nSPS) is 16.4. The van der Waals surface area contributed by atoms with Gasteiger partial charge in [0.1, 0.15) is 0 Å². The number of hydrogen-bond acceptors (Lipinski definition) is 3. The van der Waals surface area contributed by atoms with Crippen molar-refractivity contribution in [2.24, 2.45) is 5.73 Å². The Morgan fingerprint density at radius 2 is 2.06 bits per heavy atom. The number of rotatable bonds is 5. The fourth-order valence-electron chi connectivity index (χ4n) is 2.35. The Kier molecular flexibility index (Phi) is 4.40. The quantitative estimate of drug-likeness (QED) is 0.840. The summed E-state index contributed by atoms with van der Waals surface area (Å²) in [5.74, 6) is 0. The minimum Gasteiger partial charge on any atom is -0.373 e. The second kappa shape index (κ2) is 6.03. The van der Waals surface area contributed by atoms with E-state index in [0.29, 0.717) is 6.54 Å². The SMILES string of the molecule is CN(CCN1CCCC1)c1cccc(CN)c1. The van der Waals surface area contributed by atoms with Crippen LogP contribution in [0.2, 0.25) is 0 Å². The van der Waals surface area contributed by atoms with Gasteiger partial charge in [-0.25, -0.2) is 0 Å². The molecule has 0 bridgehead atoms. The van der Waals surface area contributed by atoms with Crippen molar-refractivity contribution in [2.45, 2.75) is 19.4 Å². The highest BCUT2D eigenvalue weighted by molar-refractivity contribution is 5.47. The minimum atomic E-state index is 0.619. The molecule has 0 aromatic heterocycles. The van der Waals surface area contributed by atoms with E-state index in [2.05, 4.69) is 41.1 Å². The van der Waals surface area contributed by atoms with Crippen LogP contribution in [0.25, 0.3) is 0 Å².